The molecule has 184 valence electrons. The van der Waals surface area contributed by atoms with Gasteiger partial charge in [-0.05, 0) is 53.6 Å². The molecule has 0 radical (unpaired) electrons. The number of alkyl halides is 6. The summed E-state index contributed by atoms with van der Waals surface area (Å²) in [4.78, 5) is 3.73. The second-order valence-electron chi connectivity index (χ2n) is 7.52. The fourth-order valence-electron chi connectivity index (χ4n) is 3.43. The number of sulfonamides is 1. The summed E-state index contributed by atoms with van der Waals surface area (Å²) in [5.74, 6) is 0. The van der Waals surface area contributed by atoms with Gasteiger partial charge in [-0.25, -0.2) is 18.5 Å². The normalized spacial score (nSPS) is 12.9. The van der Waals surface area contributed by atoms with Gasteiger partial charge in [-0.3, -0.25) is 0 Å². The van der Waals surface area contributed by atoms with E-state index in [1.165, 1.54) is 35.6 Å². The quantitative estimate of drug-likeness (QED) is 0.281. The molecule has 0 aliphatic heterocycles. The van der Waals surface area contributed by atoms with Gasteiger partial charge in [0, 0.05) is 17.0 Å². The van der Waals surface area contributed by atoms with Crippen LogP contribution in [-0.2, 0) is 28.8 Å². The first-order chi connectivity index (χ1) is 16.1. The van der Waals surface area contributed by atoms with E-state index in [0.29, 0.717) is 27.4 Å². The Morgan fingerprint density at radius 2 is 1.51 bits per heavy atom. The SMILES string of the molecule is NS(=O)(=O)c1ccc(C(F)(F)F)cc1-c1ccc(Cc2nc3cc(C(F)(F)F)ccc3s2)c(Cl)c1. The van der Waals surface area contributed by atoms with E-state index in [-0.39, 0.29) is 28.1 Å². The average molecular weight is 551 g/mol. The fraction of sp³-hybridized carbons (Fsp3) is 0.136. The van der Waals surface area contributed by atoms with E-state index in [4.69, 9.17) is 16.7 Å². The van der Waals surface area contributed by atoms with Crippen LogP contribution in [0.15, 0.2) is 59.5 Å². The van der Waals surface area contributed by atoms with Gasteiger partial charge in [-0.1, -0.05) is 23.7 Å². The summed E-state index contributed by atoms with van der Waals surface area (Å²) in [6, 6.07) is 9.49. The second-order valence-corrected chi connectivity index (χ2v) is 10.6. The highest BCUT2D eigenvalue weighted by atomic mass is 35.5. The van der Waals surface area contributed by atoms with Crippen molar-refractivity contribution in [1.82, 2.24) is 4.98 Å². The van der Waals surface area contributed by atoms with E-state index in [0.717, 1.165) is 18.2 Å². The van der Waals surface area contributed by atoms with Crippen LogP contribution in [0.25, 0.3) is 21.3 Å². The Labute approximate surface area is 204 Å². The van der Waals surface area contributed by atoms with E-state index in [1.54, 1.807) is 0 Å². The van der Waals surface area contributed by atoms with Crippen LogP contribution >= 0.6 is 22.9 Å². The van der Waals surface area contributed by atoms with Crippen molar-refractivity contribution in [2.24, 2.45) is 5.14 Å². The first-order valence-electron chi connectivity index (χ1n) is 9.62. The molecule has 13 heteroatoms. The summed E-state index contributed by atoms with van der Waals surface area (Å²) in [6.07, 6.45) is -9.07. The Morgan fingerprint density at radius 3 is 2.11 bits per heavy atom. The van der Waals surface area contributed by atoms with Gasteiger partial charge in [-0.15, -0.1) is 11.3 Å². The number of nitrogens with zero attached hydrogens (tertiary/aromatic N) is 1. The van der Waals surface area contributed by atoms with Gasteiger partial charge < -0.3 is 0 Å². The van der Waals surface area contributed by atoms with Crippen LogP contribution in [0.1, 0.15) is 21.7 Å². The number of fused-ring (bicyclic) bond motifs is 1. The van der Waals surface area contributed by atoms with Crippen molar-refractivity contribution in [2.75, 3.05) is 0 Å². The van der Waals surface area contributed by atoms with E-state index in [1.807, 2.05) is 0 Å². The number of halogens is 7. The van der Waals surface area contributed by atoms with E-state index in [2.05, 4.69) is 4.98 Å². The Balaban J connectivity index is 1.71. The molecule has 1 heterocycles. The molecule has 35 heavy (non-hydrogen) atoms. The number of benzene rings is 3. The van der Waals surface area contributed by atoms with Crippen molar-refractivity contribution in [2.45, 2.75) is 23.7 Å². The van der Waals surface area contributed by atoms with Gasteiger partial charge in [0.25, 0.3) is 0 Å². The van der Waals surface area contributed by atoms with Crippen LogP contribution in [0.3, 0.4) is 0 Å². The third kappa shape index (κ3) is 5.45. The number of primary sulfonamides is 1. The summed E-state index contributed by atoms with van der Waals surface area (Å²) in [5.41, 5.74) is -1.39. The van der Waals surface area contributed by atoms with Gasteiger partial charge in [-0.2, -0.15) is 26.3 Å². The molecule has 0 aliphatic rings. The molecule has 0 bridgehead atoms. The Hall–Kier alpha value is -2.67. The topological polar surface area (TPSA) is 73.1 Å². The number of hydrogen-bond acceptors (Lipinski definition) is 4. The zero-order valence-corrected chi connectivity index (χ0v) is 19.6. The minimum absolute atomic E-state index is 0.0907. The number of nitrogens with two attached hydrogens (primary N) is 1. The highest BCUT2D eigenvalue weighted by Gasteiger charge is 2.32. The second kappa shape index (κ2) is 8.77. The average Bonchev–Trinajstić information content (AvgIpc) is 3.14. The lowest BCUT2D eigenvalue weighted by atomic mass is 10.0. The number of rotatable bonds is 4. The molecule has 0 saturated heterocycles. The zero-order valence-electron chi connectivity index (χ0n) is 17.2. The van der Waals surface area contributed by atoms with E-state index in [9.17, 15) is 34.8 Å². The van der Waals surface area contributed by atoms with Crippen molar-refractivity contribution in [3.63, 3.8) is 0 Å². The summed E-state index contributed by atoms with van der Waals surface area (Å²) in [7, 11) is -4.34. The third-order valence-electron chi connectivity index (χ3n) is 5.08. The Bertz CT molecular complexity index is 1550. The maximum Gasteiger partial charge on any atom is 0.416 e. The van der Waals surface area contributed by atoms with Crippen molar-refractivity contribution < 1.29 is 34.8 Å². The van der Waals surface area contributed by atoms with Crippen LogP contribution in [0.5, 0.6) is 0 Å². The standard InChI is InChI=1S/C22H13ClF6N2O2S2/c23-16-7-11(15-9-13(21(24,25)26)4-6-19(15)35(30,32)33)1-2-12(16)8-20-31-17-10-14(22(27,28)29)3-5-18(17)34-20/h1-7,9-10H,8H2,(H2,30,32,33). The molecule has 0 amide bonds. The molecule has 3 aromatic carbocycles. The minimum atomic E-state index is -4.71. The molecule has 1 aromatic heterocycles. The maximum atomic E-state index is 13.2. The Kier molecular flexibility index (Phi) is 6.37. The molecule has 0 saturated carbocycles. The third-order valence-corrected chi connectivity index (χ3v) is 7.44. The van der Waals surface area contributed by atoms with Crippen LogP contribution in [0.2, 0.25) is 5.02 Å². The lowest BCUT2D eigenvalue weighted by Gasteiger charge is -2.14. The predicted molar refractivity (Wildman–Crippen MR) is 121 cm³/mol. The van der Waals surface area contributed by atoms with Crippen LogP contribution in [0.4, 0.5) is 26.3 Å². The maximum absolute atomic E-state index is 13.2. The van der Waals surface area contributed by atoms with Crippen molar-refractivity contribution in [3.05, 3.63) is 81.3 Å². The van der Waals surface area contributed by atoms with Crippen molar-refractivity contribution >= 4 is 43.2 Å². The first-order valence-corrected chi connectivity index (χ1v) is 12.4. The van der Waals surface area contributed by atoms with Crippen molar-refractivity contribution in [3.8, 4) is 11.1 Å². The van der Waals surface area contributed by atoms with Crippen molar-refractivity contribution in [1.29, 1.82) is 0 Å². The smallest absolute Gasteiger partial charge is 0.241 e. The minimum Gasteiger partial charge on any atom is -0.241 e. The van der Waals surface area contributed by atoms with E-state index >= 15 is 0 Å². The molecule has 4 rings (SSSR count). The number of aromatic nitrogens is 1. The van der Waals surface area contributed by atoms with Gasteiger partial charge in [0.2, 0.25) is 10.0 Å². The molecule has 0 atom stereocenters. The Morgan fingerprint density at radius 1 is 0.886 bits per heavy atom. The first kappa shape index (κ1) is 25.4. The monoisotopic (exact) mass is 550 g/mol. The van der Waals surface area contributed by atoms with Crippen LogP contribution in [0, 0.1) is 0 Å². The molecular formula is C22H13ClF6N2O2S2. The van der Waals surface area contributed by atoms with E-state index < -0.39 is 38.4 Å². The predicted octanol–water partition coefficient (Wildman–Crippen LogP) is 6.89. The molecule has 4 nitrogen and oxygen atoms in total. The number of hydrogen-bond donors (Lipinski definition) is 1. The zero-order chi connectivity index (χ0) is 25.8. The van der Waals surface area contributed by atoms with Gasteiger partial charge >= 0.3 is 12.4 Å². The molecular weight excluding hydrogens is 538 g/mol. The highest BCUT2D eigenvalue weighted by molar-refractivity contribution is 7.89. The van der Waals surface area contributed by atoms with Crippen LogP contribution in [-0.4, -0.2) is 13.4 Å². The van der Waals surface area contributed by atoms with Gasteiger partial charge in [0.05, 0.1) is 31.2 Å². The summed E-state index contributed by atoms with van der Waals surface area (Å²) in [6.45, 7) is 0. The summed E-state index contributed by atoms with van der Waals surface area (Å²) in [5, 5.41) is 5.76. The molecule has 2 N–H and O–H groups in total. The lowest BCUT2D eigenvalue weighted by Crippen LogP contribution is -2.15. The molecule has 0 aliphatic carbocycles. The molecule has 0 spiro atoms. The molecule has 4 aromatic rings. The van der Waals surface area contributed by atoms with Crippen LogP contribution < -0.4 is 5.14 Å². The molecule has 0 fully saturated rings. The lowest BCUT2D eigenvalue weighted by molar-refractivity contribution is -0.138. The summed E-state index contributed by atoms with van der Waals surface area (Å²) < 4.78 is 103. The summed E-state index contributed by atoms with van der Waals surface area (Å²) >= 11 is 7.51. The largest absolute Gasteiger partial charge is 0.416 e. The van der Waals surface area contributed by atoms with Gasteiger partial charge in [0.1, 0.15) is 0 Å². The molecule has 0 unspecified atom stereocenters. The van der Waals surface area contributed by atoms with Gasteiger partial charge in [0.15, 0.2) is 0 Å². The number of thiazole rings is 1. The fourth-order valence-corrected chi connectivity index (χ4v) is 5.39. The highest BCUT2D eigenvalue weighted by Crippen LogP contribution is 2.38.